The van der Waals surface area contributed by atoms with Gasteiger partial charge in [-0.1, -0.05) is 48.4 Å². The van der Waals surface area contributed by atoms with Crippen LogP contribution in [0.3, 0.4) is 0 Å². The zero-order valence-electron chi connectivity index (χ0n) is 13.6. The summed E-state index contributed by atoms with van der Waals surface area (Å²) in [5.41, 5.74) is -0.408. The maximum absolute atomic E-state index is 13.6. The van der Waals surface area contributed by atoms with E-state index in [9.17, 15) is 9.50 Å². The van der Waals surface area contributed by atoms with Gasteiger partial charge in [-0.25, -0.2) is 4.39 Å². The SMILES string of the molecule is CC[NH+](CC)CC#C[C@@](O)(c1ccccc1)c1cccc(F)c1. The normalized spacial score (nSPS) is 13.3. The third-order valence-corrected chi connectivity index (χ3v) is 4.04. The van der Waals surface area contributed by atoms with E-state index >= 15 is 0 Å². The van der Waals surface area contributed by atoms with Gasteiger partial charge in [-0.2, -0.15) is 0 Å². The molecule has 2 nitrogen and oxygen atoms in total. The zero-order valence-corrected chi connectivity index (χ0v) is 13.6. The summed E-state index contributed by atoms with van der Waals surface area (Å²) in [4.78, 5) is 1.34. The van der Waals surface area contributed by atoms with Crippen LogP contribution in [0, 0.1) is 17.7 Å². The highest BCUT2D eigenvalue weighted by molar-refractivity contribution is 5.44. The van der Waals surface area contributed by atoms with Crippen molar-refractivity contribution >= 4 is 0 Å². The molecule has 2 N–H and O–H groups in total. The third-order valence-electron chi connectivity index (χ3n) is 4.04. The summed E-state index contributed by atoms with van der Waals surface area (Å²) in [6.07, 6.45) is 0. The Labute approximate surface area is 137 Å². The van der Waals surface area contributed by atoms with E-state index < -0.39 is 5.60 Å². The maximum Gasteiger partial charge on any atom is 0.177 e. The van der Waals surface area contributed by atoms with Crippen molar-refractivity contribution in [3.8, 4) is 11.8 Å². The van der Waals surface area contributed by atoms with Crippen molar-refractivity contribution in [2.75, 3.05) is 19.6 Å². The van der Waals surface area contributed by atoms with E-state index in [1.165, 1.54) is 17.0 Å². The smallest absolute Gasteiger partial charge is 0.177 e. The number of aliphatic hydroxyl groups is 1. The van der Waals surface area contributed by atoms with Gasteiger partial charge in [0.1, 0.15) is 12.4 Å². The van der Waals surface area contributed by atoms with E-state index in [0.717, 1.165) is 13.1 Å². The molecule has 2 rings (SSSR count). The number of rotatable bonds is 5. The molecule has 0 spiro atoms. The van der Waals surface area contributed by atoms with Crippen molar-refractivity contribution in [3.05, 3.63) is 71.5 Å². The van der Waals surface area contributed by atoms with Gasteiger partial charge in [0.2, 0.25) is 0 Å². The fourth-order valence-corrected chi connectivity index (χ4v) is 2.50. The standard InChI is InChI=1S/C20H22FNO/c1-3-22(4-2)15-9-14-20(23,17-10-6-5-7-11-17)18-12-8-13-19(21)16-18/h5-8,10-13,16,23H,3-4,15H2,1-2H3/p+1/t20-/m1/s1. The fourth-order valence-electron chi connectivity index (χ4n) is 2.50. The van der Waals surface area contributed by atoms with Crippen LogP contribution in [0.15, 0.2) is 54.6 Å². The Bertz CT molecular complexity index is 686. The monoisotopic (exact) mass is 312 g/mol. The van der Waals surface area contributed by atoms with Crippen LogP contribution in [0.5, 0.6) is 0 Å². The molecule has 0 aliphatic carbocycles. The minimum Gasteiger partial charge on any atom is -0.369 e. The molecule has 0 radical (unpaired) electrons. The first-order valence-electron chi connectivity index (χ1n) is 7.97. The highest BCUT2D eigenvalue weighted by atomic mass is 19.1. The molecule has 1 atom stereocenters. The van der Waals surface area contributed by atoms with Gasteiger partial charge < -0.3 is 10.0 Å². The van der Waals surface area contributed by atoms with Crippen molar-refractivity contribution in [3.63, 3.8) is 0 Å². The molecular formula is C20H23FNO+. The van der Waals surface area contributed by atoms with E-state index in [4.69, 9.17) is 0 Å². The molecule has 0 aliphatic heterocycles. The molecule has 0 saturated heterocycles. The van der Waals surface area contributed by atoms with Gasteiger partial charge in [-0.3, -0.25) is 0 Å². The largest absolute Gasteiger partial charge is 0.369 e. The average Bonchev–Trinajstić information content (AvgIpc) is 2.59. The van der Waals surface area contributed by atoms with Crippen LogP contribution in [-0.2, 0) is 5.60 Å². The van der Waals surface area contributed by atoms with Gasteiger partial charge in [-0.05, 0) is 31.9 Å². The summed E-state index contributed by atoms with van der Waals surface area (Å²) in [6, 6.07) is 15.2. The second-order valence-electron chi connectivity index (χ2n) is 5.52. The molecule has 0 saturated carbocycles. The molecule has 0 amide bonds. The van der Waals surface area contributed by atoms with Crippen molar-refractivity contribution in [2.45, 2.75) is 19.4 Å². The van der Waals surface area contributed by atoms with Crippen LogP contribution in [-0.4, -0.2) is 24.7 Å². The van der Waals surface area contributed by atoms with Gasteiger partial charge in [-0.15, -0.1) is 0 Å². The lowest BCUT2D eigenvalue weighted by molar-refractivity contribution is -0.889. The van der Waals surface area contributed by atoms with Crippen LogP contribution >= 0.6 is 0 Å². The molecule has 2 aromatic rings. The van der Waals surface area contributed by atoms with Crippen molar-refractivity contribution in [2.24, 2.45) is 0 Å². The molecule has 120 valence electrons. The number of nitrogens with one attached hydrogen (secondary N) is 1. The Kier molecular flexibility index (Phi) is 5.92. The summed E-state index contributed by atoms with van der Waals surface area (Å²) >= 11 is 0. The topological polar surface area (TPSA) is 24.7 Å². The van der Waals surface area contributed by atoms with E-state index in [2.05, 4.69) is 25.7 Å². The van der Waals surface area contributed by atoms with Crippen LogP contribution in [0.25, 0.3) is 0 Å². The Morgan fingerprint density at radius 3 is 2.26 bits per heavy atom. The molecule has 0 unspecified atom stereocenters. The molecule has 0 aromatic heterocycles. The Balaban J connectivity index is 2.43. The van der Waals surface area contributed by atoms with E-state index in [1.807, 2.05) is 30.3 Å². The predicted molar refractivity (Wildman–Crippen MR) is 90.5 cm³/mol. The van der Waals surface area contributed by atoms with Crippen molar-refractivity contribution in [1.82, 2.24) is 0 Å². The van der Waals surface area contributed by atoms with E-state index in [-0.39, 0.29) is 5.82 Å². The summed E-state index contributed by atoms with van der Waals surface area (Å²) in [7, 11) is 0. The Morgan fingerprint density at radius 2 is 1.65 bits per heavy atom. The number of quaternary nitrogens is 1. The summed E-state index contributed by atoms with van der Waals surface area (Å²) in [6.45, 7) is 6.83. The molecule has 23 heavy (non-hydrogen) atoms. The van der Waals surface area contributed by atoms with Gasteiger partial charge in [0, 0.05) is 11.1 Å². The first kappa shape index (κ1) is 17.2. The van der Waals surface area contributed by atoms with Gasteiger partial charge in [0.25, 0.3) is 0 Å². The minimum atomic E-state index is -1.50. The van der Waals surface area contributed by atoms with Gasteiger partial charge in [0.05, 0.1) is 13.1 Å². The molecular weight excluding hydrogens is 289 g/mol. The molecule has 2 aromatic carbocycles. The second-order valence-corrected chi connectivity index (χ2v) is 5.52. The van der Waals surface area contributed by atoms with Crippen molar-refractivity contribution < 1.29 is 14.4 Å². The Morgan fingerprint density at radius 1 is 1.00 bits per heavy atom. The predicted octanol–water partition coefficient (Wildman–Crippen LogP) is 1.99. The van der Waals surface area contributed by atoms with Crippen LogP contribution < -0.4 is 4.90 Å². The maximum atomic E-state index is 13.6. The lowest BCUT2D eigenvalue weighted by Gasteiger charge is -2.23. The number of hydrogen-bond donors (Lipinski definition) is 2. The lowest BCUT2D eigenvalue weighted by atomic mass is 9.87. The highest BCUT2D eigenvalue weighted by Gasteiger charge is 2.29. The van der Waals surface area contributed by atoms with E-state index in [1.54, 1.807) is 12.1 Å². The minimum absolute atomic E-state index is 0.381. The molecule has 3 heteroatoms. The lowest BCUT2D eigenvalue weighted by Crippen LogP contribution is -3.11. The first-order valence-corrected chi connectivity index (χ1v) is 7.97. The van der Waals surface area contributed by atoms with Crippen LogP contribution in [0.1, 0.15) is 25.0 Å². The Hall–Kier alpha value is -2.15. The van der Waals surface area contributed by atoms with Crippen LogP contribution in [0.2, 0.25) is 0 Å². The highest BCUT2D eigenvalue weighted by Crippen LogP contribution is 2.29. The molecule has 0 aliphatic rings. The fraction of sp³-hybridized carbons (Fsp3) is 0.300. The van der Waals surface area contributed by atoms with E-state index in [0.29, 0.717) is 17.7 Å². The average molecular weight is 312 g/mol. The summed E-state index contributed by atoms with van der Waals surface area (Å²) < 4.78 is 13.6. The quantitative estimate of drug-likeness (QED) is 0.811. The van der Waals surface area contributed by atoms with Gasteiger partial charge in [0.15, 0.2) is 5.60 Å². The second kappa shape index (κ2) is 7.92. The third kappa shape index (κ3) is 4.19. The molecule has 0 bridgehead atoms. The number of hydrogen-bond acceptors (Lipinski definition) is 1. The number of benzene rings is 2. The molecule has 0 fully saturated rings. The van der Waals surface area contributed by atoms with Gasteiger partial charge >= 0.3 is 0 Å². The summed E-state index contributed by atoms with van der Waals surface area (Å²) in [5.74, 6) is 5.68. The molecule has 0 heterocycles. The van der Waals surface area contributed by atoms with Crippen LogP contribution in [0.4, 0.5) is 4.39 Å². The number of halogens is 1. The van der Waals surface area contributed by atoms with Crippen molar-refractivity contribution in [1.29, 1.82) is 0 Å². The zero-order chi connectivity index (χ0) is 16.7. The first-order chi connectivity index (χ1) is 11.1. The summed E-state index contributed by atoms with van der Waals surface area (Å²) in [5, 5.41) is 11.2.